The monoisotopic (exact) mass is 433 g/mol. The van der Waals surface area contributed by atoms with Crippen LogP contribution >= 0.6 is 11.8 Å². The minimum absolute atomic E-state index is 0.103. The number of aryl methyl sites for hydroxylation is 1. The minimum Gasteiger partial charge on any atom is -0.456 e. The third kappa shape index (κ3) is 4.00. The summed E-state index contributed by atoms with van der Waals surface area (Å²) < 4.78 is 30.9. The van der Waals surface area contributed by atoms with E-state index in [0.29, 0.717) is 18.4 Å². The number of nitrogens with zero attached hydrogens (tertiary/aromatic N) is 1. The molecule has 2 unspecified atom stereocenters. The van der Waals surface area contributed by atoms with Gasteiger partial charge < -0.3 is 9.30 Å². The lowest BCUT2D eigenvalue weighted by Crippen LogP contribution is -2.23. The number of hydrogen-bond acceptors (Lipinski definition) is 6. The van der Waals surface area contributed by atoms with E-state index in [-0.39, 0.29) is 41.2 Å². The first-order valence-corrected chi connectivity index (χ1v) is 12.3. The molecule has 2 aromatic rings. The van der Waals surface area contributed by atoms with Gasteiger partial charge in [-0.15, -0.1) is 11.8 Å². The van der Waals surface area contributed by atoms with Crippen molar-refractivity contribution in [3.8, 4) is 0 Å². The summed E-state index contributed by atoms with van der Waals surface area (Å²) in [7, 11) is -3.02. The number of thioether (sulfide) groups is 1. The van der Waals surface area contributed by atoms with Crippen molar-refractivity contribution in [2.24, 2.45) is 0 Å². The summed E-state index contributed by atoms with van der Waals surface area (Å²) in [5.74, 6) is -0.364. The average Bonchev–Trinajstić information content (AvgIpc) is 3.34. The molecule has 0 amide bonds. The van der Waals surface area contributed by atoms with Crippen molar-refractivity contribution in [2.75, 3.05) is 18.1 Å². The Morgan fingerprint density at radius 3 is 2.69 bits per heavy atom. The number of sulfone groups is 1. The number of ether oxygens (including phenoxy) is 1. The van der Waals surface area contributed by atoms with Crippen molar-refractivity contribution in [3.05, 3.63) is 52.8 Å². The first-order chi connectivity index (χ1) is 13.7. The average molecular weight is 434 g/mol. The van der Waals surface area contributed by atoms with Gasteiger partial charge in [0.2, 0.25) is 5.78 Å². The Bertz CT molecular complexity index is 1060. The number of carbonyl (C=O) groups is 2. The molecule has 2 aliphatic rings. The van der Waals surface area contributed by atoms with Crippen molar-refractivity contribution in [2.45, 2.75) is 42.9 Å². The SMILES string of the molecule is Cc1cc(C(=O)COC(=O)C2Cc3ccccc3S2)c(C)n1C1CCS(=O)(=O)C1. The van der Waals surface area contributed by atoms with Crippen LogP contribution in [0, 0.1) is 13.8 Å². The van der Waals surface area contributed by atoms with Gasteiger partial charge in [-0.3, -0.25) is 9.59 Å². The third-order valence-corrected chi connectivity index (χ3v) is 8.66. The van der Waals surface area contributed by atoms with Crippen LogP contribution in [0.4, 0.5) is 0 Å². The fraction of sp³-hybridized carbons (Fsp3) is 0.429. The highest BCUT2D eigenvalue weighted by Gasteiger charge is 2.33. The van der Waals surface area contributed by atoms with Gasteiger partial charge in [-0.1, -0.05) is 18.2 Å². The van der Waals surface area contributed by atoms with Crippen LogP contribution in [0.3, 0.4) is 0 Å². The van der Waals surface area contributed by atoms with E-state index in [2.05, 4.69) is 0 Å². The van der Waals surface area contributed by atoms with Gasteiger partial charge in [-0.05, 0) is 44.4 Å². The largest absolute Gasteiger partial charge is 0.456 e. The van der Waals surface area contributed by atoms with E-state index in [1.54, 1.807) is 6.07 Å². The number of ketones is 1. The zero-order valence-corrected chi connectivity index (χ0v) is 18.0. The molecule has 1 aromatic carbocycles. The highest BCUT2D eigenvalue weighted by molar-refractivity contribution is 8.01. The van der Waals surface area contributed by atoms with Gasteiger partial charge in [0.1, 0.15) is 5.25 Å². The predicted octanol–water partition coefficient (Wildman–Crippen LogP) is 2.91. The van der Waals surface area contributed by atoms with E-state index in [9.17, 15) is 18.0 Å². The first-order valence-electron chi connectivity index (χ1n) is 9.58. The second kappa shape index (κ2) is 7.65. The molecule has 0 radical (unpaired) electrons. The maximum absolute atomic E-state index is 12.7. The summed E-state index contributed by atoms with van der Waals surface area (Å²) in [4.78, 5) is 26.2. The molecule has 0 N–H and O–H groups in total. The van der Waals surface area contributed by atoms with Crippen molar-refractivity contribution >= 4 is 33.4 Å². The molecular weight excluding hydrogens is 410 g/mol. The molecule has 2 aliphatic heterocycles. The second-order valence-electron chi connectivity index (χ2n) is 7.66. The number of carbonyl (C=O) groups excluding carboxylic acids is 2. The zero-order valence-electron chi connectivity index (χ0n) is 16.4. The van der Waals surface area contributed by atoms with Gasteiger partial charge in [0.15, 0.2) is 16.4 Å². The van der Waals surface area contributed by atoms with Crippen LogP contribution in [-0.4, -0.2) is 48.1 Å². The van der Waals surface area contributed by atoms with E-state index in [0.717, 1.165) is 21.8 Å². The Morgan fingerprint density at radius 2 is 2.00 bits per heavy atom. The summed E-state index contributed by atoms with van der Waals surface area (Å²) in [6.45, 7) is 3.38. The van der Waals surface area contributed by atoms with Gasteiger partial charge in [0.05, 0.1) is 11.5 Å². The van der Waals surface area contributed by atoms with E-state index in [4.69, 9.17) is 4.74 Å². The molecule has 8 heteroatoms. The quantitative estimate of drug-likeness (QED) is 0.533. The van der Waals surface area contributed by atoms with Crippen molar-refractivity contribution in [1.82, 2.24) is 4.57 Å². The highest BCUT2D eigenvalue weighted by atomic mass is 32.2. The zero-order chi connectivity index (χ0) is 20.8. The van der Waals surface area contributed by atoms with E-state index in [1.807, 2.05) is 42.7 Å². The third-order valence-electron chi connectivity index (χ3n) is 5.61. The second-order valence-corrected chi connectivity index (χ2v) is 11.1. The van der Waals surface area contributed by atoms with Crippen molar-refractivity contribution < 1.29 is 22.7 Å². The Morgan fingerprint density at radius 1 is 1.24 bits per heavy atom. The Hall–Kier alpha value is -2.06. The molecule has 2 atom stereocenters. The van der Waals surface area contributed by atoms with Crippen LogP contribution in [0.5, 0.6) is 0 Å². The van der Waals surface area contributed by atoms with E-state index >= 15 is 0 Å². The smallest absolute Gasteiger partial charge is 0.320 e. The molecule has 29 heavy (non-hydrogen) atoms. The fourth-order valence-corrected chi connectivity index (χ4v) is 7.11. The maximum Gasteiger partial charge on any atom is 0.320 e. The summed E-state index contributed by atoms with van der Waals surface area (Å²) in [6.07, 6.45) is 1.17. The van der Waals surface area contributed by atoms with Gasteiger partial charge in [-0.2, -0.15) is 0 Å². The number of benzene rings is 1. The highest BCUT2D eigenvalue weighted by Crippen LogP contribution is 2.37. The number of aromatic nitrogens is 1. The number of Topliss-reactive ketones (excluding diaryl/α,β-unsaturated/α-hetero) is 1. The molecule has 1 aromatic heterocycles. The summed E-state index contributed by atoms with van der Waals surface area (Å²) >= 11 is 1.47. The standard InChI is InChI=1S/C21H23NO5S2/c1-13-9-17(14(2)22(13)16-7-8-29(25,26)12-16)18(23)11-27-21(24)20-10-15-5-3-4-6-19(15)28-20/h3-6,9,16,20H,7-8,10-12H2,1-2H3. The van der Waals surface area contributed by atoms with Crippen LogP contribution < -0.4 is 0 Å². The number of fused-ring (bicyclic) bond motifs is 1. The van der Waals surface area contributed by atoms with Gasteiger partial charge in [-0.25, -0.2) is 8.42 Å². The summed E-state index contributed by atoms with van der Waals surface area (Å²) in [6, 6.07) is 9.49. The molecule has 1 saturated heterocycles. The molecule has 0 aliphatic carbocycles. The molecule has 0 bridgehead atoms. The van der Waals surface area contributed by atoms with Crippen LogP contribution in [0.15, 0.2) is 35.2 Å². The fourth-order valence-electron chi connectivity index (χ4n) is 4.22. The molecule has 0 saturated carbocycles. The van der Waals surface area contributed by atoms with E-state index in [1.165, 1.54) is 11.8 Å². The molecular formula is C21H23NO5S2. The topological polar surface area (TPSA) is 82.4 Å². The van der Waals surface area contributed by atoms with Crippen molar-refractivity contribution in [1.29, 1.82) is 0 Å². The Labute approximate surface area is 174 Å². The van der Waals surface area contributed by atoms with Gasteiger partial charge >= 0.3 is 5.97 Å². The van der Waals surface area contributed by atoms with Crippen molar-refractivity contribution in [3.63, 3.8) is 0 Å². The van der Waals surface area contributed by atoms with Crippen LogP contribution in [0.2, 0.25) is 0 Å². The first kappa shape index (κ1) is 20.2. The maximum atomic E-state index is 12.7. The molecule has 3 heterocycles. The summed E-state index contributed by atoms with van der Waals surface area (Å²) in [5, 5.41) is -0.323. The lowest BCUT2D eigenvalue weighted by Gasteiger charge is -2.16. The van der Waals surface area contributed by atoms with Crippen LogP contribution in [0.1, 0.15) is 39.8 Å². The molecule has 4 rings (SSSR count). The number of rotatable bonds is 5. The molecule has 0 spiro atoms. The molecule has 154 valence electrons. The van der Waals surface area contributed by atoms with Gasteiger partial charge in [0.25, 0.3) is 0 Å². The number of esters is 1. The Kier molecular flexibility index (Phi) is 5.33. The van der Waals surface area contributed by atoms with E-state index < -0.39 is 9.84 Å². The molecule has 1 fully saturated rings. The lowest BCUT2D eigenvalue weighted by molar-refractivity contribution is -0.141. The van der Waals surface area contributed by atoms with Crippen LogP contribution in [-0.2, 0) is 25.8 Å². The van der Waals surface area contributed by atoms with Crippen LogP contribution in [0.25, 0.3) is 0 Å². The lowest BCUT2D eigenvalue weighted by atomic mass is 10.1. The molecule has 6 nitrogen and oxygen atoms in total. The summed E-state index contributed by atoms with van der Waals surface area (Å²) in [5.41, 5.74) is 3.19. The Balaban J connectivity index is 1.41. The minimum atomic E-state index is -3.02. The van der Waals surface area contributed by atoms with Gasteiger partial charge in [0, 0.05) is 27.9 Å². The number of hydrogen-bond donors (Lipinski definition) is 0. The predicted molar refractivity (Wildman–Crippen MR) is 111 cm³/mol. The normalized spacial score (nSPS) is 22.4.